The Morgan fingerprint density at radius 3 is 2.21 bits per heavy atom. The molecule has 0 aliphatic rings. The number of para-hydroxylation sites is 1. The molecule has 5 aromatic rings. The number of rotatable bonds is 5. The van der Waals surface area contributed by atoms with Crippen molar-refractivity contribution in [2.24, 2.45) is 0 Å². The lowest BCUT2D eigenvalue weighted by atomic mass is 10.2. The van der Waals surface area contributed by atoms with E-state index in [0.717, 1.165) is 11.1 Å². The Morgan fingerprint density at radius 2 is 1.50 bits per heavy atom. The monoisotopic (exact) mass is 446 g/mol. The van der Waals surface area contributed by atoms with Crippen molar-refractivity contribution in [2.45, 2.75) is 0 Å². The number of nitrogens with zero attached hydrogens (tertiary/aromatic N) is 4. The molecule has 5 rings (SSSR count). The first-order valence-corrected chi connectivity index (χ1v) is 10.5. The third kappa shape index (κ3) is 4.10. The molecule has 7 heteroatoms. The lowest BCUT2D eigenvalue weighted by Gasteiger charge is -2.11. The van der Waals surface area contributed by atoms with Gasteiger partial charge in [-0.3, -0.25) is 9.36 Å². The molecule has 2 heterocycles. The van der Waals surface area contributed by atoms with E-state index in [2.05, 4.69) is 15.0 Å². The van der Waals surface area contributed by atoms with Gasteiger partial charge in [-0.05, 0) is 48.6 Å². The van der Waals surface area contributed by atoms with Crippen LogP contribution in [0, 0.1) is 0 Å². The van der Waals surface area contributed by atoms with Gasteiger partial charge < -0.3 is 5.11 Å². The van der Waals surface area contributed by atoms with Crippen molar-refractivity contribution in [1.29, 1.82) is 0 Å². The van der Waals surface area contributed by atoms with Gasteiger partial charge in [0.1, 0.15) is 5.82 Å². The summed E-state index contributed by atoms with van der Waals surface area (Å²) in [6, 6.07) is 22.9. The van der Waals surface area contributed by atoms with Crippen LogP contribution in [0.3, 0.4) is 0 Å². The molecule has 7 nitrogen and oxygen atoms in total. The van der Waals surface area contributed by atoms with Crippen LogP contribution >= 0.6 is 0 Å². The Balaban J connectivity index is 1.57. The summed E-state index contributed by atoms with van der Waals surface area (Å²) in [5, 5.41) is 9.67. The van der Waals surface area contributed by atoms with Crippen LogP contribution in [0.2, 0.25) is 0 Å². The fourth-order valence-electron chi connectivity index (χ4n) is 3.60. The van der Waals surface area contributed by atoms with Gasteiger partial charge in [0.25, 0.3) is 5.56 Å². The van der Waals surface area contributed by atoms with E-state index in [-0.39, 0.29) is 11.1 Å². The molecular weight excluding hydrogens is 428 g/mol. The highest BCUT2D eigenvalue weighted by atomic mass is 16.4. The number of carboxylic acid groups (broad SMARTS) is 1. The van der Waals surface area contributed by atoms with E-state index in [9.17, 15) is 14.7 Å². The molecule has 0 fully saturated rings. The van der Waals surface area contributed by atoms with Gasteiger partial charge in [-0.1, -0.05) is 42.5 Å². The van der Waals surface area contributed by atoms with Crippen molar-refractivity contribution in [3.8, 4) is 17.1 Å². The zero-order valence-corrected chi connectivity index (χ0v) is 17.9. The summed E-state index contributed by atoms with van der Waals surface area (Å²) in [6.07, 6.45) is 6.92. The van der Waals surface area contributed by atoms with Crippen LogP contribution < -0.4 is 5.56 Å². The van der Waals surface area contributed by atoms with E-state index in [1.807, 2.05) is 36.4 Å². The molecule has 3 aromatic carbocycles. The minimum Gasteiger partial charge on any atom is -0.478 e. The molecule has 0 saturated heterocycles. The Labute approximate surface area is 194 Å². The molecule has 0 aliphatic heterocycles. The molecular formula is C27H18N4O3. The van der Waals surface area contributed by atoms with Crippen LogP contribution in [-0.2, 0) is 0 Å². The fraction of sp³-hybridized carbons (Fsp3) is 0. The first-order valence-electron chi connectivity index (χ1n) is 10.5. The lowest BCUT2D eigenvalue weighted by molar-refractivity contribution is 0.0697. The van der Waals surface area contributed by atoms with Crippen molar-refractivity contribution in [2.75, 3.05) is 0 Å². The quantitative estimate of drug-likeness (QED) is 0.420. The molecule has 34 heavy (non-hydrogen) atoms. The maximum Gasteiger partial charge on any atom is 0.335 e. The highest BCUT2D eigenvalue weighted by molar-refractivity contribution is 5.88. The van der Waals surface area contributed by atoms with Crippen LogP contribution in [-0.4, -0.2) is 30.6 Å². The molecule has 0 bridgehead atoms. The smallest absolute Gasteiger partial charge is 0.335 e. The second kappa shape index (κ2) is 8.91. The average molecular weight is 446 g/mol. The maximum absolute atomic E-state index is 13.3. The second-order valence-corrected chi connectivity index (χ2v) is 7.52. The summed E-state index contributed by atoms with van der Waals surface area (Å²) >= 11 is 0. The van der Waals surface area contributed by atoms with Gasteiger partial charge in [-0.25, -0.2) is 19.7 Å². The van der Waals surface area contributed by atoms with Crippen LogP contribution in [0.5, 0.6) is 0 Å². The molecule has 0 atom stereocenters. The van der Waals surface area contributed by atoms with E-state index < -0.39 is 5.97 Å². The summed E-state index contributed by atoms with van der Waals surface area (Å²) in [6.45, 7) is 0. The third-order valence-electron chi connectivity index (χ3n) is 5.30. The molecule has 0 aliphatic carbocycles. The summed E-state index contributed by atoms with van der Waals surface area (Å²) in [7, 11) is 0. The highest BCUT2D eigenvalue weighted by Crippen LogP contribution is 2.17. The van der Waals surface area contributed by atoms with Crippen LogP contribution in [0.15, 0.2) is 96.1 Å². The maximum atomic E-state index is 13.3. The van der Waals surface area contributed by atoms with Crippen molar-refractivity contribution in [3.63, 3.8) is 0 Å². The number of benzene rings is 3. The summed E-state index contributed by atoms with van der Waals surface area (Å²) in [5.74, 6) is -0.00878. The standard InChI is InChI=1S/C27H18N4O3/c32-26-22-8-4-5-9-23(22)30-24(31(26)21-13-11-20(12-14-21)27(33)34)15-10-18-16-28-25(29-17-18)19-6-2-1-3-7-19/h1-17H,(H,33,34)/b15-10+. The number of fused-ring (bicyclic) bond motifs is 1. The van der Waals surface area contributed by atoms with Gasteiger partial charge in [0.05, 0.1) is 22.2 Å². The zero-order valence-electron chi connectivity index (χ0n) is 17.9. The number of aromatic nitrogens is 4. The molecule has 0 spiro atoms. The summed E-state index contributed by atoms with van der Waals surface area (Å²) in [5.41, 5.74) is 2.65. The third-order valence-corrected chi connectivity index (χ3v) is 5.30. The lowest BCUT2D eigenvalue weighted by Crippen LogP contribution is -2.22. The Hall–Kier alpha value is -4.91. The minimum atomic E-state index is -1.03. The first-order chi connectivity index (χ1) is 16.6. The number of carboxylic acids is 1. The van der Waals surface area contributed by atoms with Gasteiger partial charge in [-0.15, -0.1) is 0 Å². The van der Waals surface area contributed by atoms with Crippen molar-refractivity contribution < 1.29 is 9.90 Å². The van der Waals surface area contributed by atoms with Crippen molar-refractivity contribution in [1.82, 2.24) is 19.5 Å². The van der Waals surface area contributed by atoms with Gasteiger partial charge in [0, 0.05) is 23.5 Å². The Bertz CT molecular complexity index is 1570. The second-order valence-electron chi connectivity index (χ2n) is 7.52. The Morgan fingerprint density at radius 1 is 0.824 bits per heavy atom. The normalized spacial score (nSPS) is 11.2. The molecule has 0 amide bonds. The van der Waals surface area contributed by atoms with Crippen LogP contribution in [0.1, 0.15) is 21.7 Å². The highest BCUT2D eigenvalue weighted by Gasteiger charge is 2.12. The van der Waals surface area contributed by atoms with E-state index in [1.54, 1.807) is 54.9 Å². The van der Waals surface area contributed by atoms with E-state index in [4.69, 9.17) is 0 Å². The molecule has 2 aromatic heterocycles. The van der Waals surface area contributed by atoms with Crippen LogP contribution in [0.4, 0.5) is 0 Å². The van der Waals surface area contributed by atoms with E-state index >= 15 is 0 Å². The minimum absolute atomic E-state index is 0.137. The zero-order chi connectivity index (χ0) is 23.5. The van der Waals surface area contributed by atoms with Gasteiger partial charge in [-0.2, -0.15) is 0 Å². The summed E-state index contributed by atoms with van der Waals surface area (Å²) < 4.78 is 1.46. The Kier molecular flexibility index (Phi) is 5.50. The molecule has 0 saturated carbocycles. The van der Waals surface area contributed by atoms with Crippen molar-refractivity contribution in [3.05, 3.63) is 119 Å². The van der Waals surface area contributed by atoms with Gasteiger partial charge in [0.15, 0.2) is 5.82 Å². The number of carbonyl (C=O) groups is 1. The number of hydrogen-bond acceptors (Lipinski definition) is 5. The largest absolute Gasteiger partial charge is 0.478 e. The predicted molar refractivity (Wildman–Crippen MR) is 131 cm³/mol. The molecule has 1 N–H and O–H groups in total. The van der Waals surface area contributed by atoms with Gasteiger partial charge in [0.2, 0.25) is 0 Å². The number of hydrogen-bond donors (Lipinski definition) is 1. The fourth-order valence-corrected chi connectivity index (χ4v) is 3.60. The van der Waals surface area contributed by atoms with Crippen molar-refractivity contribution >= 4 is 29.0 Å². The topological polar surface area (TPSA) is 98.0 Å². The average Bonchev–Trinajstić information content (AvgIpc) is 2.88. The van der Waals surface area contributed by atoms with E-state index in [1.165, 1.54) is 16.7 Å². The number of aromatic carboxylic acids is 1. The van der Waals surface area contributed by atoms with E-state index in [0.29, 0.717) is 28.2 Å². The van der Waals surface area contributed by atoms with Crippen LogP contribution in [0.25, 0.3) is 40.1 Å². The predicted octanol–water partition coefficient (Wildman–Crippen LogP) is 4.71. The molecule has 164 valence electrons. The first kappa shape index (κ1) is 21.0. The van der Waals surface area contributed by atoms with Gasteiger partial charge >= 0.3 is 5.97 Å². The SMILES string of the molecule is O=C(O)c1ccc(-n2c(/C=C/c3cnc(-c4ccccc4)nc3)nc3ccccc3c2=O)cc1. The molecule has 0 unspecified atom stereocenters. The molecule has 0 radical (unpaired) electrons. The summed E-state index contributed by atoms with van der Waals surface area (Å²) in [4.78, 5) is 38.1.